The summed E-state index contributed by atoms with van der Waals surface area (Å²) < 4.78 is 26.8. The van der Waals surface area contributed by atoms with Crippen molar-refractivity contribution in [2.45, 2.75) is 25.0 Å². The van der Waals surface area contributed by atoms with Gasteiger partial charge in [-0.15, -0.1) is 0 Å². The van der Waals surface area contributed by atoms with Crippen LogP contribution in [-0.4, -0.2) is 33.7 Å². The Labute approximate surface area is 165 Å². The van der Waals surface area contributed by atoms with Crippen molar-refractivity contribution < 1.29 is 18.4 Å². The molecule has 1 aliphatic heterocycles. The molecule has 8 heteroatoms. The Morgan fingerprint density at radius 2 is 1.89 bits per heavy atom. The average molecular weight is 403 g/mol. The third-order valence-corrected chi connectivity index (χ3v) is 5.21. The largest absolute Gasteiger partial charge is 0.324 e. The molecule has 0 spiro atoms. The Hall–Kier alpha value is -2.74. The van der Waals surface area contributed by atoms with Gasteiger partial charge in [0.05, 0.1) is 11.4 Å². The van der Waals surface area contributed by atoms with E-state index in [2.05, 4.69) is 10.3 Å². The van der Waals surface area contributed by atoms with Gasteiger partial charge in [-0.25, -0.2) is 13.8 Å². The first-order valence-electron chi connectivity index (χ1n) is 8.84. The van der Waals surface area contributed by atoms with E-state index >= 15 is 0 Å². The fraction of sp³-hybridized carbons (Fsp3) is 0.250. The zero-order valence-electron chi connectivity index (χ0n) is 15.2. The smallest absolute Gasteiger partial charge is 0.242 e. The lowest BCUT2D eigenvalue weighted by molar-refractivity contribution is -0.128. The number of nitrogens with zero attached hydrogens (tertiary/aromatic N) is 2. The lowest BCUT2D eigenvalue weighted by atomic mass is 10.2. The molecular formula is C20H19F2N3O2S. The number of hydrogen-bond donors (Lipinski definition) is 1. The van der Waals surface area contributed by atoms with Gasteiger partial charge in [0.25, 0.3) is 0 Å². The van der Waals surface area contributed by atoms with Crippen LogP contribution >= 0.6 is 11.8 Å². The molecule has 1 N–H and O–H groups in total. The maximum atomic E-state index is 13.7. The van der Waals surface area contributed by atoms with Gasteiger partial charge in [0.1, 0.15) is 16.9 Å². The number of rotatable bonds is 6. The normalized spacial score (nSPS) is 18.0. The molecule has 1 fully saturated rings. The number of carbonyl (C=O) groups is 2. The van der Waals surface area contributed by atoms with Crippen LogP contribution in [-0.2, 0) is 9.59 Å². The predicted molar refractivity (Wildman–Crippen MR) is 107 cm³/mol. The van der Waals surface area contributed by atoms with Gasteiger partial charge in [-0.05, 0) is 42.8 Å². The molecule has 146 valence electrons. The van der Waals surface area contributed by atoms with Crippen molar-refractivity contribution in [1.29, 1.82) is 0 Å². The molecule has 5 nitrogen and oxygen atoms in total. The average Bonchev–Trinajstić information content (AvgIpc) is 2.94. The zero-order chi connectivity index (χ0) is 20.1. The molecule has 3 rings (SSSR count). The van der Waals surface area contributed by atoms with Crippen molar-refractivity contribution in [1.82, 2.24) is 4.90 Å². The fourth-order valence-electron chi connectivity index (χ4n) is 2.71. The van der Waals surface area contributed by atoms with E-state index in [0.717, 1.165) is 6.42 Å². The summed E-state index contributed by atoms with van der Waals surface area (Å²) in [6.45, 7) is 2.41. The molecule has 2 aromatic rings. The van der Waals surface area contributed by atoms with E-state index in [0.29, 0.717) is 17.4 Å². The molecule has 2 amide bonds. The lowest BCUT2D eigenvalue weighted by Crippen LogP contribution is -2.34. The fourth-order valence-corrected chi connectivity index (χ4v) is 3.90. The van der Waals surface area contributed by atoms with Crippen molar-refractivity contribution >= 4 is 40.1 Å². The summed E-state index contributed by atoms with van der Waals surface area (Å²) in [7, 11) is 0. The topological polar surface area (TPSA) is 61.8 Å². The van der Waals surface area contributed by atoms with E-state index in [4.69, 9.17) is 0 Å². The highest BCUT2D eigenvalue weighted by atomic mass is 32.2. The summed E-state index contributed by atoms with van der Waals surface area (Å²) in [5.74, 6) is -1.56. The highest BCUT2D eigenvalue weighted by molar-refractivity contribution is 8.15. The van der Waals surface area contributed by atoms with E-state index in [1.165, 1.54) is 59.1 Å². The molecule has 0 aromatic heterocycles. The van der Waals surface area contributed by atoms with Crippen molar-refractivity contribution in [2.75, 3.05) is 11.9 Å². The number of benzene rings is 2. The van der Waals surface area contributed by atoms with Crippen LogP contribution in [0.5, 0.6) is 0 Å². The summed E-state index contributed by atoms with van der Waals surface area (Å²) in [6.07, 6.45) is 0.628. The maximum Gasteiger partial charge on any atom is 0.242 e. The second-order valence-corrected chi connectivity index (χ2v) is 7.37. The van der Waals surface area contributed by atoms with E-state index in [9.17, 15) is 18.4 Å². The van der Waals surface area contributed by atoms with Crippen LogP contribution in [0.15, 0.2) is 53.5 Å². The van der Waals surface area contributed by atoms with Crippen LogP contribution in [0.1, 0.15) is 19.8 Å². The minimum Gasteiger partial charge on any atom is -0.324 e. The number of thioether (sulfide) groups is 1. The standard InChI is InChI=1S/C20H19F2N3O2S/c1-2-11-25-19(27)17(12-18(26)24-16-6-4-3-5-15(16)22)28-20(25)23-14-9-7-13(21)8-10-14/h3-10,17H,2,11-12H2,1H3,(H,24,26)/t17-/m0/s1. The SMILES string of the molecule is CCCN1C(=O)[C@H](CC(=O)Nc2ccccc2F)SC1=Nc1ccc(F)cc1. The van der Waals surface area contributed by atoms with Gasteiger partial charge in [0.15, 0.2) is 5.17 Å². The molecule has 28 heavy (non-hydrogen) atoms. The van der Waals surface area contributed by atoms with E-state index in [-0.39, 0.29) is 23.8 Å². The molecule has 1 heterocycles. The Morgan fingerprint density at radius 1 is 1.18 bits per heavy atom. The number of amidine groups is 1. The van der Waals surface area contributed by atoms with Crippen LogP contribution in [0.2, 0.25) is 0 Å². The highest BCUT2D eigenvalue weighted by Crippen LogP contribution is 2.32. The number of amides is 2. The van der Waals surface area contributed by atoms with E-state index in [1.54, 1.807) is 6.07 Å². The van der Waals surface area contributed by atoms with Gasteiger partial charge in [-0.1, -0.05) is 30.8 Å². The second-order valence-electron chi connectivity index (χ2n) is 6.20. The number of nitrogens with one attached hydrogen (secondary N) is 1. The molecule has 0 saturated carbocycles. The molecule has 1 atom stereocenters. The predicted octanol–water partition coefficient (Wildman–Crippen LogP) is 4.34. The van der Waals surface area contributed by atoms with Crippen LogP contribution in [0.3, 0.4) is 0 Å². The monoisotopic (exact) mass is 403 g/mol. The van der Waals surface area contributed by atoms with Crippen molar-refractivity contribution in [3.63, 3.8) is 0 Å². The Kier molecular flexibility index (Phi) is 6.41. The van der Waals surface area contributed by atoms with Crippen molar-refractivity contribution in [3.8, 4) is 0 Å². The van der Waals surface area contributed by atoms with Gasteiger partial charge >= 0.3 is 0 Å². The molecule has 1 aliphatic rings. The Balaban J connectivity index is 1.73. The van der Waals surface area contributed by atoms with Crippen LogP contribution in [0.4, 0.5) is 20.2 Å². The second kappa shape index (κ2) is 8.97. The van der Waals surface area contributed by atoms with Crippen LogP contribution < -0.4 is 5.32 Å². The van der Waals surface area contributed by atoms with Gasteiger partial charge in [0, 0.05) is 13.0 Å². The maximum absolute atomic E-state index is 13.7. The van der Waals surface area contributed by atoms with Crippen molar-refractivity contribution in [2.24, 2.45) is 4.99 Å². The molecule has 2 aromatic carbocycles. The summed E-state index contributed by atoms with van der Waals surface area (Å²) in [5, 5.41) is 2.33. The third-order valence-electron chi connectivity index (χ3n) is 4.04. The summed E-state index contributed by atoms with van der Waals surface area (Å²) in [4.78, 5) is 31.0. The minimum absolute atomic E-state index is 0.0774. The number of halogens is 2. The lowest BCUT2D eigenvalue weighted by Gasteiger charge is -2.15. The third kappa shape index (κ3) is 4.75. The van der Waals surface area contributed by atoms with Gasteiger partial charge < -0.3 is 5.32 Å². The quantitative estimate of drug-likeness (QED) is 0.781. The first kappa shape index (κ1) is 20.0. The summed E-state index contributed by atoms with van der Waals surface area (Å²) in [6, 6.07) is 11.5. The first-order chi connectivity index (χ1) is 13.5. The molecule has 0 radical (unpaired) electrons. The van der Waals surface area contributed by atoms with Gasteiger partial charge in [0.2, 0.25) is 11.8 Å². The Bertz CT molecular complexity index is 903. The molecule has 1 saturated heterocycles. The van der Waals surface area contributed by atoms with Gasteiger partial charge in [-0.2, -0.15) is 0 Å². The number of hydrogen-bond acceptors (Lipinski definition) is 4. The molecular weight excluding hydrogens is 384 g/mol. The number of aliphatic imine (C=N–C) groups is 1. The van der Waals surface area contributed by atoms with Crippen molar-refractivity contribution in [3.05, 3.63) is 60.2 Å². The first-order valence-corrected chi connectivity index (χ1v) is 9.72. The van der Waals surface area contributed by atoms with Gasteiger partial charge in [-0.3, -0.25) is 14.5 Å². The number of para-hydroxylation sites is 1. The van der Waals surface area contributed by atoms with E-state index < -0.39 is 17.0 Å². The zero-order valence-corrected chi connectivity index (χ0v) is 16.0. The van der Waals surface area contributed by atoms with Crippen LogP contribution in [0, 0.1) is 11.6 Å². The minimum atomic E-state index is -0.641. The molecule has 0 aliphatic carbocycles. The van der Waals surface area contributed by atoms with Crippen LogP contribution in [0.25, 0.3) is 0 Å². The number of anilines is 1. The molecule has 0 unspecified atom stereocenters. The summed E-state index contributed by atoms with van der Waals surface area (Å²) >= 11 is 1.19. The number of carbonyl (C=O) groups excluding carboxylic acids is 2. The summed E-state index contributed by atoms with van der Waals surface area (Å²) in [5.41, 5.74) is 0.600. The van der Waals surface area contributed by atoms with E-state index in [1.807, 2.05) is 6.92 Å². The Morgan fingerprint density at radius 3 is 2.57 bits per heavy atom. The molecule has 0 bridgehead atoms. The highest BCUT2D eigenvalue weighted by Gasteiger charge is 2.38.